The Labute approximate surface area is 188 Å². The number of carbonyl (C=O) groups is 1. The summed E-state index contributed by atoms with van der Waals surface area (Å²) in [5.41, 5.74) is 2.06. The highest BCUT2D eigenvalue weighted by Crippen LogP contribution is 2.42. The first kappa shape index (κ1) is 20.5. The highest BCUT2D eigenvalue weighted by Gasteiger charge is 2.45. The Morgan fingerprint density at radius 2 is 2.00 bits per heavy atom. The maximum absolute atomic E-state index is 13.4. The summed E-state index contributed by atoms with van der Waals surface area (Å²) in [6.07, 6.45) is 0.346. The third kappa shape index (κ3) is 2.65. The Kier molecular flexibility index (Phi) is 4.04. The Bertz CT molecular complexity index is 1570. The van der Waals surface area contributed by atoms with E-state index in [4.69, 9.17) is 9.72 Å². The monoisotopic (exact) mass is 468 g/mol. The number of aromatic nitrogens is 2. The second-order valence-electron chi connectivity index (χ2n) is 8.88. The van der Waals surface area contributed by atoms with E-state index in [2.05, 4.69) is 0 Å². The van der Waals surface area contributed by atoms with Gasteiger partial charge < -0.3 is 14.4 Å². The van der Waals surface area contributed by atoms with Crippen molar-refractivity contribution in [2.75, 3.05) is 0 Å². The number of esters is 1. The zero-order chi connectivity index (χ0) is 23.3. The topological polar surface area (TPSA) is 136 Å². The maximum atomic E-state index is 13.4. The van der Waals surface area contributed by atoms with Crippen LogP contribution in [-0.4, -0.2) is 38.8 Å². The van der Waals surface area contributed by atoms with Crippen molar-refractivity contribution in [1.82, 2.24) is 9.55 Å². The first-order valence-electron chi connectivity index (χ1n) is 10.7. The van der Waals surface area contributed by atoms with Gasteiger partial charge in [0, 0.05) is 16.5 Å². The fourth-order valence-electron chi connectivity index (χ4n) is 5.45. The van der Waals surface area contributed by atoms with Gasteiger partial charge in [0.1, 0.15) is 6.61 Å². The fourth-order valence-corrected chi connectivity index (χ4v) is 6.22. The maximum Gasteiger partial charge on any atom is 0.343 e. The van der Waals surface area contributed by atoms with Crippen LogP contribution in [0.2, 0.25) is 0 Å². The predicted molar refractivity (Wildman–Crippen MR) is 117 cm³/mol. The SMILES string of the molecule is CC[C@@]1(O)C(=O)OCc2c1cc1n(c2=O)Cc2c-1nc1cccc3c1c2CC(S(=O)(=O)O)C3. The van der Waals surface area contributed by atoms with Gasteiger partial charge in [-0.3, -0.25) is 9.35 Å². The molecule has 0 saturated heterocycles. The second kappa shape index (κ2) is 6.49. The van der Waals surface area contributed by atoms with Gasteiger partial charge in [-0.1, -0.05) is 19.1 Å². The van der Waals surface area contributed by atoms with Crippen LogP contribution in [-0.2, 0) is 51.2 Å². The van der Waals surface area contributed by atoms with E-state index in [1.54, 1.807) is 19.1 Å². The van der Waals surface area contributed by atoms with E-state index in [0.717, 1.165) is 22.1 Å². The van der Waals surface area contributed by atoms with Gasteiger partial charge in [-0.05, 0) is 42.5 Å². The van der Waals surface area contributed by atoms with Crippen molar-refractivity contribution in [3.8, 4) is 11.4 Å². The van der Waals surface area contributed by atoms with Gasteiger partial charge in [0.25, 0.3) is 15.7 Å². The normalized spacial score (nSPS) is 23.1. The van der Waals surface area contributed by atoms with Crippen LogP contribution in [0.4, 0.5) is 0 Å². The summed E-state index contributed by atoms with van der Waals surface area (Å²) in [6, 6.07) is 7.07. The molecule has 2 atom stereocenters. The summed E-state index contributed by atoms with van der Waals surface area (Å²) < 4.78 is 40.4. The lowest BCUT2D eigenvalue weighted by Gasteiger charge is -2.31. The standard InChI is InChI=1S/C23H20N2O7S/c1-2-23(28)16-8-18-20-14(9-25(18)21(26)15(16)10-32-22(23)27)13-7-12(33(29,30)31)6-11-4-3-5-17(24-20)19(11)13/h3-5,8,12,28H,2,6-7,9-10H2,1H3,(H,29,30,31)/t12?,23-/m0/s1. The Morgan fingerprint density at radius 3 is 2.73 bits per heavy atom. The summed E-state index contributed by atoms with van der Waals surface area (Å²) in [5.74, 6) is -0.790. The van der Waals surface area contributed by atoms with Crippen LogP contribution in [0.5, 0.6) is 0 Å². The summed E-state index contributed by atoms with van der Waals surface area (Å²) in [6.45, 7) is 1.60. The van der Waals surface area contributed by atoms with Crippen LogP contribution in [0.25, 0.3) is 22.3 Å². The zero-order valence-corrected chi connectivity index (χ0v) is 18.5. The van der Waals surface area contributed by atoms with Crippen molar-refractivity contribution in [1.29, 1.82) is 0 Å². The quantitative estimate of drug-likeness (QED) is 0.333. The van der Waals surface area contributed by atoms with E-state index in [-0.39, 0.29) is 49.1 Å². The predicted octanol–water partition coefficient (Wildman–Crippen LogP) is 1.43. The third-order valence-corrected chi connectivity index (χ3v) is 8.39. The number of ether oxygens (including phenoxy) is 1. The van der Waals surface area contributed by atoms with Crippen LogP contribution in [0, 0.1) is 0 Å². The molecule has 170 valence electrons. The summed E-state index contributed by atoms with van der Waals surface area (Å²) >= 11 is 0. The van der Waals surface area contributed by atoms with E-state index in [0.29, 0.717) is 16.9 Å². The molecular weight excluding hydrogens is 448 g/mol. The Balaban J connectivity index is 1.64. The third-order valence-electron chi connectivity index (χ3n) is 7.22. The first-order chi connectivity index (χ1) is 15.6. The van der Waals surface area contributed by atoms with Crippen LogP contribution in [0.1, 0.15) is 41.2 Å². The van der Waals surface area contributed by atoms with Crippen LogP contribution in [0.15, 0.2) is 29.1 Å². The Morgan fingerprint density at radius 1 is 1.21 bits per heavy atom. The van der Waals surface area contributed by atoms with Gasteiger partial charge in [-0.25, -0.2) is 9.78 Å². The number of cyclic esters (lactones) is 1. The van der Waals surface area contributed by atoms with E-state index >= 15 is 0 Å². The lowest BCUT2D eigenvalue weighted by Crippen LogP contribution is -2.44. The second-order valence-corrected chi connectivity index (χ2v) is 10.6. The van der Waals surface area contributed by atoms with Gasteiger partial charge in [0.2, 0.25) is 0 Å². The number of carbonyl (C=O) groups excluding carboxylic acids is 1. The molecule has 3 aromatic rings. The Hall–Kier alpha value is -3.08. The van der Waals surface area contributed by atoms with Crippen molar-refractivity contribution in [2.45, 2.75) is 50.2 Å². The molecule has 4 heterocycles. The molecular formula is C23H20N2O7S. The molecule has 2 aromatic heterocycles. The van der Waals surface area contributed by atoms with Crippen molar-refractivity contribution in [3.63, 3.8) is 0 Å². The average Bonchev–Trinajstić information content (AvgIpc) is 3.15. The molecule has 0 fully saturated rings. The molecule has 0 amide bonds. The van der Waals surface area contributed by atoms with Crippen molar-refractivity contribution in [3.05, 3.63) is 62.4 Å². The van der Waals surface area contributed by atoms with Crippen molar-refractivity contribution < 1.29 is 27.6 Å². The van der Waals surface area contributed by atoms with E-state index in [1.165, 1.54) is 4.57 Å². The summed E-state index contributed by atoms with van der Waals surface area (Å²) in [5, 5.41) is 10.9. The molecule has 0 bridgehead atoms. The molecule has 6 rings (SSSR count). The molecule has 3 aliphatic rings. The van der Waals surface area contributed by atoms with Crippen LogP contribution in [0.3, 0.4) is 0 Å². The number of hydrogen-bond donors (Lipinski definition) is 2. The lowest BCUT2D eigenvalue weighted by molar-refractivity contribution is -0.172. The summed E-state index contributed by atoms with van der Waals surface area (Å²) in [4.78, 5) is 30.5. The highest BCUT2D eigenvalue weighted by molar-refractivity contribution is 7.86. The number of fused-ring (bicyclic) bond motifs is 5. The molecule has 10 heteroatoms. The van der Waals surface area contributed by atoms with Gasteiger partial charge in [-0.15, -0.1) is 0 Å². The molecule has 1 unspecified atom stereocenters. The first-order valence-corrected chi connectivity index (χ1v) is 12.2. The highest BCUT2D eigenvalue weighted by atomic mass is 32.2. The molecule has 2 aliphatic heterocycles. The molecule has 33 heavy (non-hydrogen) atoms. The zero-order valence-electron chi connectivity index (χ0n) is 17.7. The van der Waals surface area contributed by atoms with Gasteiger partial charge in [-0.2, -0.15) is 8.42 Å². The fraction of sp³-hybridized carbons (Fsp3) is 0.348. The lowest BCUT2D eigenvalue weighted by atomic mass is 9.85. The van der Waals surface area contributed by atoms with E-state index in [1.807, 2.05) is 12.1 Å². The number of rotatable bonds is 2. The molecule has 0 saturated carbocycles. The van der Waals surface area contributed by atoms with Gasteiger partial charge in [0.15, 0.2) is 5.60 Å². The minimum absolute atomic E-state index is 0.0460. The van der Waals surface area contributed by atoms with Crippen molar-refractivity contribution >= 4 is 27.0 Å². The number of benzene rings is 1. The number of pyridine rings is 2. The molecule has 1 aliphatic carbocycles. The number of hydrogen-bond acceptors (Lipinski definition) is 7. The average molecular weight is 468 g/mol. The summed E-state index contributed by atoms with van der Waals surface area (Å²) in [7, 11) is -4.27. The van der Waals surface area contributed by atoms with Gasteiger partial charge in [0.05, 0.1) is 34.3 Å². The molecule has 9 nitrogen and oxygen atoms in total. The molecule has 1 aromatic carbocycles. The molecule has 0 radical (unpaired) electrons. The minimum Gasteiger partial charge on any atom is -0.458 e. The van der Waals surface area contributed by atoms with Gasteiger partial charge >= 0.3 is 5.97 Å². The van der Waals surface area contributed by atoms with E-state index in [9.17, 15) is 27.7 Å². The van der Waals surface area contributed by atoms with Crippen LogP contribution >= 0.6 is 0 Å². The van der Waals surface area contributed by atoms with E-state index < -0.39 is 26.9 Å². The minimum atomic E-state index is -4.27. The largest absolute Gasteiger partial charge is 0.458 e. The number of aliphatic hydroxyl groups is 1. The number of nitrogens with zero attached hydrogens (tertiary/aromatic N) is 2. The van der Waals surface area contributed by atoms with Crippen molar-refractivity contribution in [2.24, 2.45) is 0 Å². The van der Waals surface area contributed by atoms with Crippen LogP contribution < -0.4 is 5.56 Å². The smallest absolute Gasteiger partial charge is 0.343 e. The molecule has 2 N–H and O–H groups in total. The molecule has 0 spiro atoms.